The van der Waals surface area contributed by atoms with Gasteiger partial charge in [0.1, 0.15) is 5.69 Å². The van der Waals surface area contributed by atoms with Crippen LogP contribution in [0.15, 0.2) is 12.1 Å². The van der Waals surface area contributed by atoms with Gasteiger partial charge in [-0.3, -0.25) is 14.9 Å². The third kappa shape index (κ3) is 2.97. The normalized spacial score (nSPS) is 18.8. The van der Waals surface area contributed by atoms with E-state index >= 15 is 0 Å². The zero-order valence-corrected chi connectivity index (χ0v) is 11.6. The van der Waals surface area contributed by atoms with Crippen molar-refractivity contribution in [2.45, 2.75) is 31.7 Å². The van der Waals surface area contributed by atoms with Crippen molar-refractivity contribution in [1.29, 1.82) is 0 Å². The smallest absolute Gasteiger partial charge is 0.292 e. The molecule has 2 aliphatic heterocycles. The molecular formula is C14H17N3O4. The van der Waals surface area contributed by atoms with E-state index in [9.17, 15) is 14.9 Å². The van der Waals surface area contributed by atoms with Crippen LogP contribution in [0.25, 0.3) is 0 Å². The minimum Gasteiger partial charge on any atom is -0.381 e. The highest BCUT2D eigenvalue weighted by Gasteiger charge is 2.24. The molecule has 1 saturated heterocycles. The summed E-state index contributed by atoms with van der Waals surface area (Å²) in [7, 11) is 0. The van der Waals surface area contributed by atoms with Crippen LogP contribution < -0.4 is 10.6 Å². The fourth-order valence-electron chi connectivity index (χ4n) is 2.74. The highest BCUT2D eigenvalue weighted by molar-refractivity contribution is 5.95. The molecule has 21 heavy (non-hydrogen) atoms. The predicted octanol–water partition coefficient (Wildman–Crippen LogP) is 2.07. The standard InChI is InChI=1S/C14H17N3O4/c18-14-2-1-9-7-13(17(19)20)12(8-11(9)16-14)15-10-3-5-21-6-4-10/h7-8,10,15H,1-6H2,(H,16,18). The largest absolute Gasteiger partial charge is 0.381 e. The molecule has 0 radical (unpaired) electrons. The van der Waals surface area contributed by atoms with E-state index in [-0.39, 0.29) is 22.6 Å². The molecule has 7 heteroatoms. The number of rotatable bonds is 3. The lowest BCUT2D eigenvalue weighted by Gasteiger charge is -2.25. The summed E-state index contributed by atoms with van der Waals surface area (Å²) in [5.74, 6) is -0.0478. The molecule has 1 amide bonds. The van der Waals surface area contributed by atoms with Crippen molar-refractivity contribution in [3.05, 3.63) is 27.8 Å². The molecular weight excluding hydrogens is 274 g/mol. The van der Waals surface area contributed by atoms with E-state index in [1.807, 2.05) is 0 Å². The van der Waals surface area contributed by atoms with Crippen LogP contribution >= 0.6 is 0 Å². The number of aryl methyl sites for hydroxylation is 1. The molecule has 7 nitrogen and oxygen atoms in total. The molecule has 112 valence electrons. The molecule has 1 aromatic carbocycles. The Hall–Kier alpha value is -2.15. The average molecular weight is 291 g/mol. The first-order chi connectivity index (χ1) is 10.1. The van der Waals surface area contributed by atoms with Gasteiger partial charge in [-0.1, -0.05) is 0 Å². The number of nitro benzene ring substituents is 1. The van der Waals surface area contributed by atoms with Gasteiger partial charge in [0.25, 0.3) is 5.69 Å². The van der Waals surface area contributed by atoms with Crippen molar-refractivity contribution in [2.75, 3.05) is 23.8 Å². The Morgan fingerprint density at radius 1 is 1.29 bits per heavy atom. The Morgan fingerprint density at radius 3 is 2.76 bits per heavy atom. The monoisotopic (exact) mass is 291 g/mol. The van der Waals surface area contributed by atoms with Gasteiger partial charge in [-0.2, -0.15) is 0 Å². The summed E-state index contributed by atoms with van der Waals surface area (Å²) < 4.78 is 5.29. The molecule has 0 atom stereocenters. The third-order valence-corrected chi connectivity index (χ3v) is 3.89. The molecule has 2 heterocycles. The summed E-state index contributed by atoms with van der Waals surface area (Å²) in [6.07, 6.45) is 2.55. The molecule has 0 saturated carbocycles. The fourth-order valence-corrected chi connectivity index (χ4v) is 2.74. The van der Waals surface area contributed by atoms with Crippen molar-refractivity contribution in [3.63, 3.8) is 0 Å². The van der Waals surface area contributed by atoms with E-state index in [1.165, 1.54) is 0 Å². The van der Waals surface area contributed by atoms with Crippen LogP contribution in [0.5, 0.6) is 0 Å². The summed E-state index contributed by atoms with van der Waals surface area (Å²) in [5.41, 5.74) is 2.02. The molecule has 0 spiro atoms. The van der Waals surface area contributed by atoms with Crippen LogP contribution in [-0.4, -0.2) is 30.1 Å². The molecule has 0 aromatic heterocycles. The number of amides is 1. The van der Waals surface area contributed by atoms with Crippen LogP contribution in [0.4, 0.5) is 17.1 Å². The minimum atomic E-state index is -0.377. The number of carbonyl (C=O) groups excluding carboxylic acids is 1. The number of ether oxygens (including phenoxy) is 1. The fraction of sp³-hybridized carbons (Fsp3) is 0.500. The molecule has 0 bridgehead atoms. The van der Waals surface area contributed by atoms with Gasteiger partial charge in [0.15, 0.2) is 0 Å². The molecule has 0 aliphatic carbocycles. The van der Waals surface area contributed by atoms with Gasteiger partial charge in [-0.15, -0.1) is 0 Å². The second kappa shape index (κ2) is 5.69. The Balaban J connectivity index is 1.91. The molecule has 1 aromatic rings. The van der Waals surface area contributed by atoms with Crippen LogP contribution in [-0.2, 0) is 16.0 Å². The van der Waals surface area contributed by atoms with Gasteiger partial charge in [-0.05, 0) is 30.9 Å². The van der Waals surface area contributed by atoms with Crippen molar-refractivity contribution in [1.82, 2.24) is 0 Å². The van der Waals surface area contributed by atoms with Gasteiger partial charge >= 0.3 is 0 Å². The number of benzene rings is 1. The quantitative estimate of drug-likeness (QED) is 0.657. The molecule has 3 rings (SSSR count). The first-order valence-electron chi connectivity index (χ1n) is 7.09. The average Bonchev–Trinajstić information content (AvgIpc) is 2.47. The minimum absolute atomic E-state index is 0.0478. The molecule has 2 N–H and O–H groups in total. The van der Waals surface area contributed by atoms with Gasteiger partial charge in [0.05, 0.1) is 4.92 Å². The number of hydrogen-bond donors (Lipinski definition) is 2. The first kappa shape index (κ1) is 13.8. The van der Waals surface area contributed by atoms with Crippen molar-refractivity contribution >= 4 is 23.0 Å². The van der Waals surface area contributed by atoms with Crippen LogP contribution in [0, 0.1) is 10.1 Å². The second-order valence-corrected chi connectivity index (χ2v) is 5.36. The zero-order chi connectivity index (χ0) is 14.8. The topological polar surface area (TPSA) is 93.5 Å². The lowest BCUT2D eigenvalue weighted by atomic mass is 10.0. The first-order valence-corrected chi connectivity index (χ1v) is 7.09. The highest BCUT2D eigenvalue weighted by Crippen LogP contribution is 2.35. The lowest BCUT2D eigenvalue weighted by molar-refractivity contribution is -0.384. The highest BCUT2D eigenvalue weighted by atomic mass is 16.6. The summed E-state index contributed by atoms with van der Waals surface area (Å²) >= 11 is 0. The predicted molar refractivity (Wildman–Crippen MR) is 77.5 cm³/mol. The number of anilines is 2. The number of fused-ring (bicyclic) bond motifs is 1. The van der Waals surface area contributed by atoms with Crippen LogP contribution in [0.1, 0.15) is 24.8 Å². The number of hydrogen-bond acceptors (Lipinski definition) is 5. The lowest BCUT2D eigenvalue weighted by Crippen LogP contribution is -2.28. The molecule has 1 fully saturated rings. The van der Waals surface area contributed by atoms with E-state index in [0.29, 0.717) is 37.4 Å². The maximum atomic E-state index is 11.5. The third-order valence-electron chi connectivity index (χ3n) is 3.89. The number of nitrogens with one attached hydrogen (secondary N) is 2. The van der Waals surface area contributed by atoms with Gasteiger partial charge < -0.3 is 15.4 Å². The Labute approximate surface area is 121 Å². The van der Waals surface area contributed by atoms with Gasteiger partial charge in [0, 0.05) is 37.4 Å². The van der Waals surface area contributed by atoms with Crippen molar-refractivity contribution in [3.8, 4) is 0 Å². The summed E-state index contributed by atoms with van der Waals surface area (Å²) in [6, 6.07) is 3.41. The number of nitro groups is 1. The van der Waals surface area contributed by atoms with Crippen molar-refractivity contribution in [2.24, 2.45) is 0 Å². The van der Waals surface area contributed by atoms with Gasteiger partial charge in [-0.25, -0.2) is 0 Å². The zero-order valence-electron chi connectivity index (χ0n) is 11.6. The Bertz CT molecular complexity index is 582. The maximum Gasteiger partial charge on any atom is 0.292 e. The van der Waals surface area contributed by atoms with E-state index < -0.39 is 0 Å². The summed E-state index contributed by atoms with van der Waals surface area (Å²) in [6.45, 7) is 1.32. The summed E-state index contributed by atoms with van der Waals surface area (Å²) in [5, 5.41) is 17.3. The van der Waals surface area contributed by atoms with Crippen LogP contribution in [0.3, 0.4) is 0 Å². The summed E-state index contributed by atoms with van der Waals surface area (Å²) in [4.78, 5) is 22.4. The van der Waals surface area contributed by atoms with Crippen molar-refractivity contribution < 1.29 is 14.5 Å². The van der Waals surface area contributed by atoms with E-state index in [1.54, 1.807) is 12.1 Å². The Morgan fingerprint density at radius 2 is 2.05 bits per heavy atom. The number of carbonyl (C=O) groups is 1. The molecule has 2 aliphatic rings. The van der Waals surface area contributed by atoms with E-state index in [2.05, 4.69) is 10.6 Å². The van der Waals surface area contributed by atoms with Gasteiger partial charge in [0.2, 0.25) is 5.91 Å². The Kier molecular flexibility index (Phi) is 3.74. The van der Waals surface area contributed by atoms with E-state index in [0.717, 1.165) is 18.4 Å². The maximum absolute atomic E-state index is 11.5. The second-order valence-electron chi connectivity index (χ2n) is 5.36. The van der Waals surface area contributed by atoms with Crippen LogP contribution in [0.2, 0.25) is 0 Å². The molecule has 0 unspecified atom stereocenters. The SMILES string of the molecule is O=C1CCc2cc([N+](=O)[O-])c(NC3CCOCC3)cc2N1. The van der Waals surface area contributed by atoms with E-state index in [4.69, 9.17) is 4.74 Å². The number of nitrogens with zero attached hydrogens (tertiary/aromatic N) is 1.